The van der Waals surface area contributed by atoms with Gasteiger partial charge in [0.25, 0.3) is 0 Å². The van der Waals surface area contributed by atoms with Crippen LogP contribution in [0.1, 0.15) is 27.2 Å². The first-order valence-electron chi connectivity index (χ1n) is 5.97. The number of ether oxygens (including phenoxy) is 3. The predicted molar refractivity (Wildman–Crippen MR) is 64.3 cm³/mol. The van der Waals surface area contributed by atoms with Crippen LogP contribution in [0.5, 0.6) is 0 Å². The van der Waals surface area contributed by atoms with Crippen LogP contribution in [0, 0.1) is 0 Å². The number of methoxy groups -OCH3 is 1. The minimum atomic E-state index is -0.969. The second-order valence-electron chi connectivity index (χ2n) is 5.12. The van der Waals surface area contributed by atoms with Gasteiger partial charge in [0.1, 0.15) is 5.60 Å². The normalized spacial score (nSPS) is 20.7. The summed E-state index contributed by atoms with van der Waals surface area (Å²) in [7, 11) is 1.22. The van der Waals surface area contributed by atoms with Gasteiger partial charge in [-0.3, -0.25) is 4.79 Å². The second kappa shape index (κ2) is 6.01. The molecule has 1 aliphatic heterocycles. The fourth-order valence-electron chi connectivity index (χ4n) is 1.51. The summed E-state index contributed by atoms with van der Waals surface area (Å²) in [6.07, 6.45) is -1.73. The van der Waals surface area contributed by atoms with E-state index < -0.39 is 29.7 Å². The first kappa shape index (κ1) is 15.4. The molecule has 1 heterocycles. The third kappa shape index (κ3) is 4.51. The Kier molecular flexibility index (Phi) is 4.88. The van der Waals surface area contributed by atoms with Crippen molar-refractivity contribution in [1.82, 2.24) is 4.90 Å². The van der Waals surface area contributed by atoms with Gasteiger partial charge in [0, 0.05) is 0 Å². The zero-order valence-corrected chi connectivity index (χ0v) is 11.6. The largest absolute Gasteiger partial charge is 0.467 e. The highest BCUT2D eigenvalue weighted by molar-refractivity contribution is 5.93. The Hall–Kier alpha value is -1.63. The molecule has 0 saturated carbocycles. The maximum absolute atomic E-state index is 11.9. The molecule has 0 aromatic rings. The van der Waals surface area contributed by atoms with Crippen molar-refractivity contribution in [2.24, 2.45) is 0 Å². The van der Waals surface area contributed by atoms with E-state index in [0.29, 0.717) is 0 Å². The summed E-state index contributed by atoms with van der Waals surface area (Å²) in [6, 6.07) is 0. The maximum Gasteiger partial charge on any atom is 0.417 e. The van der Waals surface area contributed by atoms with Gasteiger partial charge in [0.2, 0.25) is 5.91 Å². The van der Waals surface area contributed by atoms with Crippen molar-refractivity contribution in [2.75, 3.05) is 20.3 Å². The Morgan fingerprint density at radius 1 is 1.37 bits per heavy atom. The lowest BCUT2D eigenvalue weighted by molar-refractivity contribution is -0.153. The van der Waals surface area contributed by atoms with E-state index in [4.69, 9.17) is 9.47 Å². The van der Waals surface area contributed by atoms with E-state index in [2.05, 4.69) is 4.74 Å². The van der Waals surface area contributed by atoms with Crippen molar-refractivity contribution in [3.05, 3.63) is 0 Å². The van der Waals surface area contributed by atoms with Gasteiger partial charge >= 0.3 is 12.1 Å². The van der Waals surface area contributed by atoms with Gasteiger partial charge in [-0.15, -0.1) is 0 Å². The van der Waals surface area contributed by atoms with Crippen LogP contribution in [0.4, 0.5) is 4.79 Å². The number of hydrogen-bond acceptors (Lipinski definition) is 6. The van der Waals surface area contributed by atoms with E-state index >= 15 is 0 Å². The fourth-order valence-corrected chi connectivity index (χ4v) is 1.51. The van der Waals surface area contributed by atoms with Crippen molar-refractivity contribution in [3.8, 4) is 0 Å². The summed E-state index contributed by atoms with van der Waals surface area (Å²) in [5, 5.41) is 0. The summed E-state index contributed by atoms with van der Waals surface area (Å²) >= 11 is 0. The van der Waals surface area contributed by atoms with Crippen molar-refractivity contribution < 1.29 is 28.6 Å². The molecule has 19 heavy (non-hydrogen) atoms. The molecule has 7 heteroatoms. The average Bonchev–Trinajstić information content (AvgIpc) is 2.48. The van der Waals surface area contributed by atoms with Crippen LogP contribution in [0.2, 0.25) is 0 Å². The zero-order valence-electron chi connectivity index (χ0n) is 11.6. The van der Waals surface area contributed by atoms with Crippen LogP contribution >= 0.6 is 0 Å². The molecular weight excluding hydrogens is 254 g/mol. The molecule has 7 nitrogen and oxygen atoms in total. The standard InChI is InChI=1S/C12H19NO6/c1-12(2,3)19-11(16)13-7-8(10(15)17-4)18-6-5-9(13)14/h8H,5-7H2,1-4H3/t8-/m0/s1. The second-order valence-corrected chi connectivity index (χ2v) is 5.12. The minimum Gasteiger partial charge on any atom is -0.467 e. The molecule has 1 rings (SSSR count). The predicted octanol–water partition coefficient (Wildman–Crippen LogP) is 0.712. The molecule has 1 fully saturated rings. The van der Waals surface area contributed by atoms with Crippen molar-refractivity contribution >= 4 is 18.0 Å². The first-order chi connectivity index (χ1) is 8.74. The summed E-state index contributed by atoms with van der Waals surface area (Å²) in [6.45, 7) is 4.96. The highest BCUT2D eigenvalue weighted by Crippen LogP contribution is 2.14. The lowest BCUT2D eigenvalue weighted by Crippen LogP contribution is -2.45. The highest BCUT2D eigenvalue weighted by atomic mass is 16.6. The molecule has 0 aromatic heterocycles. The third-order valence-corrected chi connectivity index (χ3v) is 2.36. The molecule has 0 bridgehead atoms. The van der Waals surface area contributed by atoms with Crippen molar-refractivity contribution in [3.63, 3.8) is 0 Å². The molecule has 0 spiro atoms. The monoisotopic (exact) mass is 273 g/mol. The van der Waals surface area contributed by atoms with Crippen molar-refractivity contribution in [2.45, 2.75) is 38.9 Å². The summed E-state index contributed by atoms with van der Waals surface area (Å²) in [5.74, 6) is -1.05. The number of esters is 1. The number of hydrogen-bond donors (Lipinski definition) is 0. The molecule has 1 saturated heterocycles. The Morgan fingerprint density at radius 3 is 2.53 bits per heavy atom. The van der Waals surface area contributed by atoms with E-state index in [-0.39, 0.29) is 19.6 Å². The summed E-state index contributed by atoms with van der Waals surface area (Å²) < 4.78 is 14.9. The van der Waals surface area contributed by atoms with Crippen molar-refractivity contribution in [1.29, 1.82) is 0 Å². The molecular formula is C12H19NO6. The first-order valence-corrected chi connectivity index (χ1v) is 5.97. The van der Waals surface area contributed by atoms with E-state index in [1.54, 1.807) is 20.8 Å². The van der Waals surface area contributed by atoms with Crippen LogP contribution in [-0.2, 0) is 23.8 Å². The van der Waals surface area contributed by atoms with Crippen LogP contribution in [0.3, 0.4) is 0 Å². The quantitative estimate of drug-likeness (QED) is 0.654. The average molecular weight is 273 g/mol. The molecule has 108 valence electrons. The third-order valence-electron chi connectivity index (χ3n) is 2.36. The minimum absolute atomic E-state index is 0.0206. The molecule has 0 aliphatic carbocycles. The molecule has 1 atom stereocenters. The molecule has 0 radical (unpaired) electrons. The number of nitrogens with zero attached hydrogens (tertiary/aromatic N) is 1. The number of carbonyl (C=O) groups is 3. The Bertz CT molecular complexity index is 373. The van der Waals surface area contributed by atoms with Crippen LogP contribution in [0.15, 0.2) is 0 Å². The van der Waals surface area contributed by atoms with Gasteiger partial charge in [-0.05, 0) is 20.8 Å². The topological polar surface area (TPSA) is 82.1 Å². The number of carbonyl (C=O) groups excluding carboxylic acids is 3. The molecule has 0 aromatic carbocycles. The van der Waals surface area contributed by atoms with Gasteiger partial charge in [-0.25, -0.2) is 14.5 Å². The van der Waals surface area contributed by atoms with E-state index in [1.165, 1.54) is 7.11 Å². The summed E-state index contributed by atoms with van der Waals surface area (Å²) in [5.41, 5.74) is -0.717. The zero-order chi connectivity index (χ0) is 14.6. The lowest BCUT2D eigenvalue weighted by atomic mass is 10.2. The van der Waals surface area contributed by atoms with Gasteiger partial charge in [0.05, 0.1) is 26.7 Å². The molecule has 0 unspecified atom stereocenters. The van der Waals surface area contributed by atoms with Crippen LogP contribution < -0.4 is 0 Å². The Labute approximate surface area is 111 Å². The smallest absolute Gasteiger partial charge is 0.417 e. The lowest BCUT2D eigenvalue weighted by Gasteiger charge is -2.26. The Balaban J connectivity index is 2.80. The maximum atomic E-state index is 11.9. The molecule has 0 N–H and O–H groups in total. The number of rotatable bonds is 1. The Morgan fingerprint density at radius 2 is 2.00 bits per heavy atom. The van der Waals surface area contributed by atoms with Gasteiger partial charge in [-0.1, -0.05) is 0 Å². The highest BCUT2D eigenvalue weighted by Gasteiger charge is 2.35. The van der Waals surface area contributed by atoms with Crippen LogP contribution in [-0.4, -0.2) is 54.8 Å². The SMILES string of the molecule is COC(=O)[C@@H]1CN(C(=O)OC(C)(C)C)C(=O)CCO1. The van der Waals surface area contributed by atoms with Gasteiger partial charge in [-0.2, -0.15) is 0 Å². The van der Waals surface area contributed by atoms with E-state index in [9.17, 15) is 14.4 Å². The number of imide groups is 1. The molecule has 1 aliphatic rings. The van der Waals surface area contributed by atoms with Gasteiger partial charge < -0.3 is 14.2 Å². The number of amides is 2. The van der Waals surface area contributed by atoms with Gasteiger partial charge in [0.15, 0.2) is 6.10 Å². The van der Waals surface area contributed by atoms with E-state index in [0.717, 1.165) is 4.90 Å². The van der Waals surface area contributed by atoms with E-state index in [1.807, 2.05) is 0 Å². The fraction of sp³-hybridized carbons (Fsp3) is 0.750. The molecule has 2 amide bonds. The summed E-state index contributed by atoms with van der Waals surface area (Å²) in [4.78, 5) is 36.0. The van der Waals surface area contributed by atoms with Crippen LogP contribution in [0.25, 0.3) is 0 Å².